The maximum atomic E-state index is 12.1. The Morgan fingerprint density at radius 1 is 1.41 bits per heavy atom. The van der Waals surface area contributed by atoms with E-state index in [1.165, 1.54) is 0 Å². The molecule has 0 saturated heterocycles. The van der Waals surface area contributed by atoms with Gasteiger partial charge in [0.2, 0.25) is 5.91 Å². The first-order chi connectivity index (χ1) is 10.5. The molecule has 0 unspecified atom stereocenters. The number of amides is 2. The Kier molecular flexibility index (Phi) is 5.41. The average molecular weight is 304 g/mol. The van der Waals surface area contributed by atoms with E-state index in [1.54, 1.807) is 4.90 Å². The van der Waals surface area contributed by atoms with E-state index in [0.29, 0.717) is 31.2 Å². The zero-order valence-corrected chi connectivity index (χ0v) is 13.5. The molecule has 22 heavy (non-hydrogen) atoms. The quantitative estimate of drug-likeness (QED) is 0.877. The minimum absolute atomic E-state index is 0.0193. The Balaban J connectivity index is 1.94. The average Bonchev–Trinajstić information content (AvgIpc) is 2.45. The molecule has 1 aromatic rings. The van der Waals surface area contributed by atoms with Gasteiger partial charge in [0.15, 0.2) is 6.61 Å². The number of rotatable bonds is 6. The summed E-state index contributed by atoms with van der Waals surface area (Å²) in [6.45, 7) is 7.31. The van der Waals surface area contributed by atoms with Gasteiger partial charge in [-0.15, -0.1) is 0 Å². The summed E-state index contributed by atoms with van der Waals surface area (Å²) >= 11 is 0. The highest BCUT2D eigenvalue weighted by molar-refractivity contribution is 5.98. The van der Waals surface area contributed by atoms with E-state index < -0.39 is 0 Å². The minimum atomic E-state index is -0.104. The van der Waals surface area contributed by atoms with Crippen molar-refractivity contribution in [1.82, 2.24) is 5.32 Å². The summed E-state index contributed by atoms with van der Waals surface area (Å²) in [5, 5.41) is 2.90. The highest BCUT2D eigenvalue weighted by Crippen LogP contribution is 2.32. The lowest BCUT2D eigenvalue weighted by Crippen LogP contribution is -2.41. The van der Waals surface area contributed by atoms with Crippen molar-refractivity contribution in [3.8, 4) is 5.75 Å². The Bertz CT molecular complexity index is 555. The van der Waals surface area contributed by atoms with Gasteiger partial charge in [0.1, 0.15) is 5.75 Å². The van der Waals surface area contributed by atoms with Gasteiger partial charge in [-0.25, -0.2) is 0 Å². The van der Waals surface area contributed by atoms with Gasteiger partial charge in [0, 0.05) is 19.5 Å². The number of nitrogens with one attached hydrogen (secondary N) is 1. The molecule has 1 aliphatic rings. The van der Waals surface area contributed by atoms with Crippen LogP contribution in [-0.4, -0.2) is 31.5 Å². The normalized spacial score (nSPS) is 13.8. The van der Waals surface area contributed by atoms with E-state index in [9.17, 15) is 9.59 Å². The molecule has 120 valence electrons. The first-order valence-corrected chi connectivity index (χ1v) is 7.78. The van der Waals surface area contributed by atoms with Crippen molar-refractivity contribution in [3.63, 3.8) is 0 Å². The molecule has 0 aromatic heterocycles. The number of nitrogens with zero attached hydrogens (tertiary/aromatic N) is 1. The molecular formula is C17H24N2O3. The Morgan fingerprint density at radius 2 is 2.18 bits per heavy atom. The molecule has 1 aliphatic heterocycles. The molecule has 0 radical (unpaired) electrons. The summed E-state index contributed by atoms with van der Waals surface area (Å²) in [6.07, 6.45) is 1.27. The topological polar surface area (TPSA) is 58.6 Å². The van der Waals surface area contributed by atoms with Crippen LogP contribution in [0.15, 0.2) is 18.2 Å². The number of benzene rings is 1. The molecule has 1 aromatic carbocycles. The molecule has 0 atom stereocenters. The molecular weight excluding hydrogens is 280 g/mol. The highest BCUT2D eigenvalue weighted by Gasteiger charge is 2.25. The fraction of sp³-hybridized carbons (Fsp3) is 0.529. The summed E-state index contributed by atoms with van der Waals surface area (Å²) in [7, 11) is 0. The maximum absolute atomic E-state index is 12.1. The molecule has 0 spiro atoms. The van der Waals surface area contributed by atoms with Crippen LogP contribution < -0.4 is 15.0 Å². The van der Waals surface area contributed by atoms with Crippen LogP contribution in [0, 0.1) is 12.8 Å². The molecule has 2 amide bonds. The standard InChI is InChI=1S/C17H24N2O3/c1-12(2)6-8-18-16(20)7-9-19-14-10-13(3)4-5-15(14)22-11-17(19)21/h4-5,10,12H,6-9,11H2,1-3H3,(H,18,20). The molecule has 5 heteroatoms. The lowest BCUT2D eigenvalue weighted by Gasteiger charge is -2.29. The lowest BCUT2D eigenvalue weighted by molar-refractivity contribution is -0.122. The van der Waals surface area contributed by atoms with E-state index in [4.69, 9.17) is 4.74 Å². The van der Waals surface area contributed by atoms with E-state index >= 15 is 0 Å². The minimum Gasteiger partial charge on any atom is -0.482 e. The third-order valence-corrected chi connectivity index (χ3v) is 3.66. The van der Waals surface area contributed by atoms with Crippen molar-refractivity contribution in [1.29, 1.82) is 0 Å². The first kappa shape index (κ1) is 16.3. The number of anilines is 1. The number of hydrogen-bond acceptors (Lipinski definition) is 3. The SMILES string of the molecule is Cc1ccc2c(c1)N(CCC(=O)NCCC(C)C)C(=O)CO2. The van der Waals surface area contributed by atoms with Gasteiger partial charge >= 0.3 is 0 Å². The zero-order valence-electron chi connectivity index (χ0n) is 13.5. The largest absolute Gasteiger partial charge is 0.482 e. The predicted molar refractivity (Wildman–Crippen MR) is 86.1 cm³/mol. The van der Waals surface area contributed by atoms with Gasteiger partial charge in [-0.2, -0.15) is 0 Å². The predicted octanol–water partition coefficient (Wildman–Crippen LogP) is 2.27. The lowest BCUT2D eigenvalue weighted by atomic mass is 10.1. The summed E-state index contributed by atoms with van der Waals surface area (Å²) < 4.78 is 5.43. The molecule has 0 bridgehead atoms. The summed E-state index contributed by atoms with van der Waals surface area (Å²) in [6, 6.07) is 5.74. The maximum Gasteiger partial charge on any atom is 0.265 e. The number of fused-ring (bicyclic) bond motifs is 1. The zero-order chi connectivity index (χ0) is 16.1. The number of ether oxygens (including phenoxy) is 1. The molecule has 1 N–H and O–H groups in total. The van der Waals surface area contributed by atoms with Gasteiger partial charge in [-0.3, -0.25) is 9.59 Å². The van der Waals surface area contributed by atoms with Gasteiger partial charge in [-0.05, 0) is 37.0 Å². The third kappa shape index (κ3) is 4.23. The summed E-state index contributed by atoms with van der Waals surface area (Å²) in [4.78, 5) is 25.6. The van der Waals surface area contributed by atoms with Crippen LogP contribution in [0.1, 0.15) is 32.3 Å². The Labute approximate surface area is 131 Å². The fourth-order valence-corrected chi connectivity index (χ4v) is 2.36. The van der Waals surface area contributed by atoms with Crippen molar-refractivity contribution in [2.45, 2.75) is 33.6 Å². The molecule has 5 nitrogen and oxygen atoms in total. The van der Waals surface area contributed by atoms with Crippen molar-refractivity contribution >= 4 is 17.5 Å². The van der Waals surface area contributed by atoms with E-state index in [2.05, 4.69) is 19.2 Å². The number of carbonyl (C=O) groups excluding carboxylic acids is 2. The highest BCUT2D eigenvalue weighted by atomic mass is 16.5. The second-order valence-corrected chi connectivity index (χ2v) is 6.09. The molecule has 0 aliphatic carbocycles. The summed E-state index contributed by atoms with van der Waals surface area (Å²) in [5.74, 6) is 1.14. The van der Waals surface area contributed by atoms with E-state index in [-0.39, 0.29) is 18.4 Å². The smallest absolute Gasteiger partial charge is 0.265 e. The van der Waals surface area contributed by atoms with Crippen LogP contribution in [0.25, 0.3) is 0 Å². The van der Waals surface area contributed by atoms with Crippen LogP contribution in [0.4, 0.5) is 5.69 Å². The Morgan fingerprint density at radius 3 is 2.91 bits per heavy atom. The number of carbonyl (C=O) groups is 2. The summed E-state index contributed by atoms with van der Waals surface area (Å²) in [5.41, 5.74) is 1.81. The van der Waals surface area contributed by atoms with Crippen LogP contribution in [0.2, 0.25) is 0 Å². The number of hydrogen-bond donors (Lipinski definition) is 1. The van der Waals surface area contributed by atoms with Crippen LogP contribution in [0.5, 0.6) is 5.75 Å². The van der Waals surface area contributed by atoms with Crippen LogP contribution in [-0.2, 0) is 9.59 Å². The van der Waals surface area contributed by atoms with Crippen LogP contribution >= 0.6 is 0 Å². The first-order valence-electron chi connectivity index (χ1n) is 7.78. The van der Waals surface area contributed by atoms with E-state index in [0.717, 1.165) is 17.7 Å². The van der Waals surface area contributed by atoms with Gasteiger partial charge in [-0.1, -0.05) is 19.9 Å². The Hall–Kier alpha value is -2.04. The van der Waals surface area contributed by atoms with Crippen molar-refractivity contribution in [2.24, 2.45) is 5.92 Å². The molecule has 0 saturated carbocycles. The van der Waals surface area contributed by atoms with Gasteiger partial charge in [0.05, 0.1) is 5.69 Å². The van der Waals surface area contributed by atoms with Crippen molar-refractivity contribution in [2.75, 3.05) is 24.6 Å². The fourth-order valence-electron chi connectivity index (χ4n) is 2.36. The van der Waals surface area contributed by atoms with Gasteiger partial charge in [0.25, 0.3) is 5.91 Å². The van der Waals surface area contributed by atoms with Crippen LogP contribution in [0.3, 0.4) is 0 Å². The van der Waals surface area contributed by atoms with Crippen molar-refractivity contribution < 1.29 is 14.3 Å². The molecule has 0 fully saturated rings. The number of aryl methyl sites for hydroxylation is 1. The van der Waals surface area contributed by atoms with E-state index in [1.807, 2.05) is 25.1 Å². The van der Waals surface area contributed by atoms with Crippen molar-refractivity contribution in [3.05, 3.63) is 23.8 Å². The second-order valence-electron chi connectivity index (χ2n) is 6.09. The molecule has 2 rings (SSSR count). The second kappa shape index (κ2) is 7.29. The molecule has 1 heterocycles. The van der Waals surface area contributed by atoms with Gasteiger partial charge < -0.3 is 15.0 Å². The monoisotopic (exact) mass is 304 g/mol. The third-order valence-electron chi connectivity index (χ3n) is 3.66.